The Morgan fingerprint density at radius 1 is 1.50 bits per heavy atom. The highest BCUT2D eigenvalue weighted by molar-refractivity contribution is 5.76. The van der Waals surface area contributed by atoms with Crippen molar-refractivity contribution < 1.29 is 4.79 Å². The van der Waals surface area contributed by atoms with Gasteiger partial charge in [0, 0.05) is 26.1 Å². The van der Waals surface area contributed by atoms with E-state index >= 15 is 0 Å². The van der Waals surface area contributed by atoms with Gasteiger partial charge in [-0.15, -0.1) is 0 Å². The van der Waals surface area contributed by atoms with Crippen molar-refractivity contribution in [3.63, 3.8) is 0 Å². The molecule has 1 saturated heterocycles. The van der Waals surface area contributed by atoms with Crippen molar-refractivity contribution in [2.45, 2.75) is 26.2 Å². The molecule has 0 radical (unpaired) electrons. The summed E-state index contributed by atoms with van der Waals surface area (Å²) in [6, 6.07) is 0. The van der Waals surface area contributed by atoms with E-state index in [2.05, 4.69) is 12.2 Å². The highest BCUT2D eigenvalue weighted by atomic mass is 16.2. The molecule has 0 saturated carbocycles. The molecule has 12 heavy (non-hydrogen) atoms. The molecule has 1 fully saturated rings. The van der Waals surface area contributed by atoms with E-state index in [1.165, 1.54) is 0 Å². The smallest absolute Gasteiger partial charge is 0.223 e. The molecule has 70 valence electrons. The monoisotopic (exact) mass is 170 g/mol. The van der Waals surface area contributed by atoms with Crippen molar-refractivity contribution in [3.8, 4) is 0 Å². The van der Waals surface area contributed by atoms with Gasteiger partial charge in [0.1, 0.15) is 0 Å². The van der Waals surface area contributed by atoms with Crippen LogP contribution in [0.2, 0.25) is 0 Å². The molecule has 0 aromatic rings. The van der Waals surface area contributed by atoms with Crippen LogP contribution in [0, 0.1) is 0 Å². The van der Waals surface area contributed by atoms with E-state index in [1.807, 2.05) is 4.90 Å². The third-order valence-electron chi connectivity index (χ3n) is 2.14. The first-order valence-electron chi connectivity index (χ1n) is 4.83. The number of carbonyl (C=O) groups excluding carboxylic acids is 1. The van der Waals surface area contributed by atoms with Crippen molar-refractivity contribution in [2.75, 3.05) is 26.2 Å². The maximum Gasteiger partial charge on any atom is 0.223 e. The fourth-order valence-electron chi connectivity index (χ4n) is 1.50. The molecule has 1 aliphatic rings. The number of carbonyl (C=O) groups is 1. The molecule has 3 nitrogen and oxygen atoms in total. The number of hydrogen-bond donors (Lipinski definition) is 1. The highest BCUT2D eigenvalue weighted by Crippen LogP contribution is 2.00. The van der Waals surface area contributed by atoms with Gasteiger partial charge in [0.2, 0.25) is 5.91 Å². The van der Waals surface area contributed by atoms with E-state index in [0.717, 1.165) is 39.0 Å². The van der Waals surface area contributed by atoms with Gasteiger partial charge in [-0.1, -0.05) is 6.92 Å². The largest absolute Gasteiger partial charge is 0.343 e. The first-order chi connectivity index (χ1) is 5.84. The summed E-state index contributed by atoms with van der Waals surface area (Å²) in [7, 11) is 0. The van der Waals surface area contributed by atoms with Gasteiger partial charge in [0.05, 0.1) is 0 Å². The fraction of sp³-hybridized carbons (Fsp3) is 0.889. The van der Waals surface area contributed by atoms with Crippen LogP contribution in [0.25, 0.3) is 0 Å². The van der Waals surface area contributed by atoms with Gasteiger partial charge in [-0.05, 0) is 19.4 Å². The second kappa shape index (κ2) is 5.14. The van der Waals surface area contributed by atoms with Crippen LogP contribution < -0.4 is 5.32 Å². The SMILES string of the molecule is CCCN1CCCNCCC1=O. The van der Waals surface area contributed by atoms with Gasteiger partial charge in [-0.25, -0.2) is 0 Å². The molecule has 0 bridgehead atoms. The van der Waals surface area contributed by atoms with Crippen LogP contribution in [0.15, 0.2) is 0 Å². The first-order valence-corrected chi connectivity index (χ1v) is 4.83. The molecule has 0 aromatic heterocycles. The Bertz CT molecular complexity index is 147. The van der Waals surface area contributed by atoms with Gasteiger partial charge in [-0.2, -0.15) is 0 Å². The van der Waals surface area contributed by atoms with E-state index in [4.69, 9.17) is 0 Å². The minimum atomic E-state index is 0.309. The molecule has 1 aliphatic heterocycles. The van der Waals surface area contributed by atoms with Crippen LogP contribution in [0.3, 0.4) is 0 Å². The van der Waals surface area contributed by atoms with Gasteiger partial charge >= 0.3 is 0 Å². The maximum absolute atomic E-state index is 11.4. The summed E-state index contributed by atoms with van der Waals surface area (Å²) in [6.45, 7) is 5.87. The predicted octanol–water partition coefficient (Wildman–Crippen LogP) is 0.608. The van der Waals surface area contributed by atoms with Crippen molar-refractivity contribution in [3.05, 3.63) is 0 Å². The van der Waals surface area contributed by atoms with Crippen LogP contribution in [0.1, 0.15) is 26.2 Å². The third kappa shape index (κ3) is 2.81. The predicted molar refractivity (Wildman–Crippen MR) is 49.0 cm³/mol. The number of rotatable bonds is 2. The zero-order chi connectivity index (χ0) is 8.81. The van der Waals surface area contributed by atoms with Crippen LogP contribution >= 0.6 is 0 Å². The normalized spacial score (nSPS) is 20.4. The quantitative estimate of drug-likeness (QED) is 0.658. The molecule has 0 aromatic carbocycles. The molecule has 1 rings (SSSR count). The van der Waals surface area contributed by atoms with Gasteiger partial charge in [-0.3, -0.25) is 4.79 Å². The minimum absolute atomic E-state index is 0.309. The van der Waals surface area contributed by atoms with Crippen molar-refractivity contribution in [1.29, 1.82) is 0 Å². The molecule has 1 amide bonds. The summed E-state index contributed by atoms with van der Waals surface area (Å²) >= 11 is 0. The van der Waals surface area contributed by atoms with Gasteiger partial charge in [0.25, 0.3) is 0 Å². The fourth-order valence-corrected chi connectivity index (χ4v) is 1.50. The summed E-state index contributed by atoms with van der Waals surface area (Å²) in [4.78, 5) is 13.4. The summed E-state index contributed by atoms with van der Waals surface area (Å²) < 4.78 is 0. The van der Waals surface area contributed by atoms with Gasteiger partial charge < -0.3 is 10.2 Å². The van der Waals surface area contributed by atoms with Crippen LogP contribution in [0.5, 0.6) is 0 Å². The summed E-state index contributed by atoms with van der Waals surface area (Å²) in [5, 5.41) is 3.23. The first kappa shape index (κ1) is 9.52. The second-order valence-electron chi connectivity index (χ2n) is 3.23. The maximum atomic E-state index is 11.4. The lowest BCUT2D eigenvalue weighted by atomic mass is 10.2. The standard InChI is InChI=1S/C9H18N2O/c1-2-7-11-8-3-5-10-6-4-9(11)12/h10H,2-8H2,1H3. The van der Waals surface area contributed by atoms with Crippen molar-refractivity contribution in [1.82, 2.24) is 10.2 Å². The lowest BCUT2D eigenvalue weighted by Gasteiger charge is -2.24. The molecule has 0 aliphatic carbocycles. The van der Waals surface area contributed by atoms with E-state index in [1.54, 1.807) is 0 Å². The molecular formula is C9H18N2O. The number of amides is 1. The van der Waals surface area contributed by atoms with Crippen LogP contribution in [-0.4, -0.2) is 37.0 Å². The van der Waals surface area contributed by atoms with E-state index < -0.39 is 0 Å². The summed E-state index contributed by atoms with van der Waals surface area (Å²) in [5.41, 5.74) is 0. The number of hydrogen-bond acceptors (Lipinski definition) is 2. The lowest BCUT2D eigenvalue weighted by molar-refractivity contribution is -0.131. The topological polar surface area (TPSA) is 32.3 Å². The second-order valence-corrected chi connectivity index (χ2v) is 3.23. The molecular weight excluding hydrogens is 152 g/mol. The Morgan fingerprint density at radius 3 is 3.08 bits per heavy atom. The number of nitrogens with zero attached hydrogens (tertiary/aromatic N) is 1. The Hall–Kier alpha value is -0.570. The number of nitrogens with one attached hydrogen (secondary N) is 1. The molecule has 0 spiro atoms. The molecule has 3 heteroatoms. The summed E-state index contributed by atoms with van der Waals surface area (Å²) in [6.07, 6.45) is 2.82. The Balaban J connectivity index is 2.37. The highest BCUT2D eigenvalue weighted by Gasteiger charge is 2.13. The van der Waals surface area contributed by atoms with E-state index in [-0.39, 0.29) is 0 Å². The third-order valence-corrected chi connectivity index (χ3v) is 2.14. The van der Waals surface area contributed by atoms with E-state index in [9.17, 15) is 4.79 Å². The Kier molecular flexibility index (Phi) is 4.08. The van der Waals surface area contributed by atoms with Gasteiger partial charge in [0.15, 0.2) is 0 Å². The van der Waals surface area contributed by atoms with Crippen molar-refractivity contribution >= 4 is 5.91 Å². The Morgan fingerprint density at radius 2 is 2.33 bits per heavy atom. The zero-order valence-electron chi connectivity index (χ0n) is 7.81. The molecule has 0 atom stereocenters. The lowest BCUT2D eigenvalue weighted by Crippen LogP contribution is -2.38. The van der Waals surface area contributed by atoms with Crippen LogP contribution in [-0.2, 0) is 4.79 Å². The average molecular weight is 170 g/mol. The Labute approximate surface area is 74.1 Å². The molecule has 1 N–H and O–H groups in total. The van der Waals surface area contributed by atoms with Crippen LogP contribution in [0.4, 0.5) is 0 Å². The zero-order valence-corrected chi connectivity index (χ0v) is 7.81. The molecule has 0 unspecified atom stereocenters. The van der Waals surface area contributed by atoms with Crippen molar-refractivity contribution in [2.24, 2.45) is 0 Å². The summed E-state index contributed by atoms with van der Waals surface area (Å²) in [5.74, 6) is 0.309. The molecule has 1 heterocycles. The van der Waals surface area contributed by atoms with E-state index in [0.29, 0.717) is 12.3 Å². The minimum Gasteiger partial charge on any atom is -0.343 e. The average Bonchev–Trinajstić information content (AvgIpc) is 2.05.